The third-order valence-corrected chi connectivity index (χ3v) is 4.32. The highest BCUT2D eigenvalue weighted by Gasteiger charge is 2.52. The normalized spacial score (nSPS) is 37.6. The predicted octanol–water partition coefficient (Wildman–Crippen LogP) is 1.53. The zero-order valence-corrected chi connectivity index (χ0v) is 10.3. The van der Waals surface area contributed by atoms with Crippen LogP contribution in [0.15, 0.2) is 0 Å². The highest BCUT2D eigenvalue weighted by molar-refractivity contribution is 5.83. The van der Waals surface area contributed by atoms with Gasteiger partial charge in [0, 0.05) is 18.6 Å². The van der Waals surface area contributed by atoms with Crippen LogP contribution in [0.5, 0.6) is 0 Å². The third-order valence-electron chi connectivity index (χ3n) is 4.32. The van der Waals surface area contributed by atoms with Gasteiger partial charge in [-0.3, -0.25) is 4.79 Å². The molecule has 0 aromatic heterocycles. The molecule has 3 heteroatoms. The van der Waals surface area contributed by atoms with Crippen LogP contribution in [0.4, 0.5) is 0 Å². The number of nitrogens with one attached hydrogen (secondary N) is 1. The van der Waals surface area contributed by atoms with Crippen molar-refractivity contribution in [3.8, 4) is 0 Å². The van der Waals surface area contributed by atoms with Gasteiger partial charge in [0.1, 0.15) is 0 Å². The van der Waals surface area contributed by atoms with Crippen LogP contribution >= 0.6 is 0 Å². The van der Waals surface area contributed by atoms with E-state index in [0.29, 0.717) is 23.4 Å². The van der Waals surface area contributed by atoms with Crippen LogP contribution in [-0.2, 0) is 4.79 Å². The fourth-order valence-electron chi connectivity index (χ4n) is 2.87. The molecule has 0 bridgehead atoms. The van der Waals surface area contributed by atoms with Gasteiger partial charge in [0.15, 0.2) is 0 Å². The van der Waals surface area contributed by atoms with Gasteiger partial charge >= 0.3 is 0 Å². The molecule has 1 saturated heterocycles. The third kappa shape index (κ3) is 1.86. The summed E-state index contributed by atoms with van der Waals surface area (Å²) >= 11 is 0. The Balaban J connectivity index is 1.63. The molecule has 2 saturated carbocycles. The van der Waals surface area contributed by atoms with Crippen molar-refractivity contribution < 1.29 is 4.79 Å². The van der Waals surface area contributed by atoms with Gasteiger partial charge in [-0.25, -0.2) is 0 Å². The number of carbonyl (C=O) groups excluding carboxylic acids is 1. The van der Waals surface area contributed by atoms with E-state index in [0.717, 1.165) is 13.0 Å². The molecule has 0 aromatic rings. The Bertz CT molecular complexity index is 309. The number of piperidine rings is 1. The number of nitrogens with zero attached hydrogens (tertiary/aromatic N) is 1. The average Bonchev–Trinajstić information content (AvgIpc) is 3.10. The van der Waals surface area contributed by atoms with Crippen LogP contribution in [0.25, 0.3) is 0 Å². The molecular formula is C13H22N2O. The minimum atomic E-state index is 0.123. The maximum absolute atomic E-state index is 12.3. The maximum atomic E-state index is 12.3. The first-order valence-corrected chi connectivity index (χ1v) is 6.64. The molecule has 3 aliphatic rings. The second-order valence-electron chi connectivity index (χ2n) is 6.38. The Labute approximate surface area is 97.6 Å². The number of likely N-dealkylation sites (tertiary alicyclic amines) is 1. The van der Waals surface area contributed by atoms with Crippen LogP contribution < -0.4 is 5.32 Å². The van der Waals surface area contributed by atoms with Crippen molar-refractivity contribution in [2.75, 3.05) is 6.54 Å². The SMILES string of the molecule is CC1(C)CC1N1CCCC(NC2CC2)C1=O. The number of rotatable bonds is 3. The van der Waals surface area contributed by atoms with E-state index < -0.39 is 0 Å². The predicted molar refractivity (Wildman–Crippen MR) is 63.1 cm³/mol. The second kappa shape index (κ2) is 3.46. The summed E-state index contributed by atoms with van der Waals surface area (Å²) in [5.41, 5.74) is 0.372. The first-order chi connectivity index (χ1) is 7.58. The topological polar surface area (TPSA) is 32.3 Å². The molecule has 3 nitrogen and oxygen atoms in total. The van der Waals surface area contributed by atoms with Gasteiger partial charge in [-0.1, -0.05) is 13.8 Å². The molecular weight excluding hydrogens is 200 g/mol. The molecule has 1 amide bonds. The zero-order valence-electron chi connectivity index (χ0n) is 10.3. The lowest BCUT2D eigenvalue weighted by Gasteiger charge is -2.34. The van der Waals surface area contributed by atoms with Gasteiger partial charge < -0.3 is 10.2 Å². The first-order valence-electron chi connectivity index (χ1n) is 6.64. The Morgan fingerprint density at radius 1 is 1.31 bits per heavy atom. The maximum Gasteiger partial charge on any atom is 0.239 e. The molecule has 2 atom stereocenters. The van der Waals surface area contributed by atoms with Crippen LogP contribution in [0.1, 0.15) is 46.0 Å². The van der Waals surface area contributed by atoms with Crippen molar-refractivity contribution in [2.45, 2.75) is 64.1 Å². The first kappa shape index (κ1) is 10.6. The van der Waals surface area contributed by atoms with Gasteiger partial charge in [0.25, 0.3) is 0 Å². The van der Waals surface area contributed by atoms with E-state index in [-0.39, 0.29) is 6.04 Å². The highest BCUT2D eigenvalue weighted by Crippen LogP contribution is 2.49. The molecule has 1 N–H and O–H groups in total. The fraction of sp³-hybridized carbons (Fsp3) is 0.923. The van der Waals surface area contributed by atoms with E-state index >= 15 is 0 Å². The summed E-state index contributed by atoms with van der Waals surface area (Å²) in [5.74, 6) is 0.369. The minimum Gasteiger partial charge on any atom is -0.338 e. The molecule has 2 unspecified atom stereocenters. The summed E-state index contributed by atoms with van der Waals surface area (Å²) in [5, 5.41) is 3.49. The Hall–Kier alpha value is -0.570. The summed E-state index contributed by atoms with van der Waals surface area (Å²) in [6, 6.07) is 1.28. The number of hydrogen-bond donors (Lipinski definition) is 1. The molecule has 1 heterocycles. The van der Waals surface area contributed by atoms with E-state index in [1.165, 1.54) is 25.7 Å². The molecule has 0 aromatic carbocycles. The number of hydrogen-bond acceptors (Lipinski definition) is 2. The van der Waals surface area contributed by atoms with E-state index in [1.807, 2.05) is 0 Å². The molecule has 3 fully saturated rings. The van der Waals surface area contributed by atoms with Crippen molar-refractivity contribution in [1.82, 2.24) is 10.2 Å². The molecule has 0 spiro atoms. The van der Waals surface area contributed by atoms with Crippen molar-refractivity contribution in [1.29, 1.82) is 0 Å². The van der Waals surface area contributed by atoms with E-state index in [4.69, 9.17) is 0 Å². The summed E-state index contributed by atoms with van der Waals surface area (Å²) in [6.45, 7) is 5.52. The zero-order chi connectivity index (χ0) is 11.3. The van der Waals surface area contributed by atoms with Crippen molar-refractivity contribution in [3.05, 3.63) is 0 Å². The van der Waals surface area contributed by atoms with Crippen molar-refractivity contribution in [2.24, 2.45) is 5.41 Å². The lowest BCUT2D eigenvalue weighted by molar-refractivity contribution is -0.137. The van der Waals surface area contributed by atoms with Crippen molar-refractivity contribution >= 4 is 5.91 Å². The standard InChI is InChI=1S/C13H22N2O/c1-13(2)8-11(13)15-7-3-4-10(12(15)16)14-9-5-6-9/h9-11,14H,3-8H2,1-2H3. The summed E-state index contributed by atoms with van der Waals surface area (Å²) < 4.78 is 0. The second-order valence-corrected chi connectivity index (χ2v) is 6.38. The van der Waals surface area contributed by atoms with Crippen LogP contribution in [-0.4, -0.2) is 35.5 Å². The summed E-state index contributed by atoms with van der Waals surface area (Å²) in [7, 11) is 0. The van der Waals surface area contributed by atoms with Crippen molar-refractivity contribution in [3.63, 3.8) is 0 Å². The quantitative estimate of drug-likeness (QED) is 0.785. The van der Waals surface area contributed by atoms with E-state index in [1.54, 1.807) is 0 Å². The van der Waals surface area contributed by atoms with Gasteiger partial charge in [0.05, 0.1) is 6.04 Å². The summed E-state index contributed by atoms with van der Waals surface area (Å²) in [4.78, 5) is 14.5. The lowest BCUT2D eigenvalue weighted by Crippen LogP contribution is -2.52. The number of amides is 1. The Morgan fingerprint density at radius 2 is 2.00 bits per heavy atom. The monoisotopic (exact) mass is 222 g/mol. The molecule has 2 aliphatic carbocycles. The van der Waals surface area contributed by atoms with Crippen LogP contribution in [0.3, 0.4) is 0 Å². The molecule has 16 heavy (non-hydrogen) atoms. The van der Waals surface area contributed by atoms with Gasteiger partial charge in [-0.2, -0.15) is 0 Å². The average molecular weight is 222 g/mol. The lowest BCUT2D eigenvalue weighted by atomic mass is 10.0. The summed E-state index contributed by atoms with van der Waals surface area (Å²) in [6.07, 6.45) is 5.92. The van der Waals surface area contributed by atoms with Crippen LogP contribution in [0, 0.1) is 5.41 Å². The fourth-order valence-corrected chi connectivity index (χ4v) is 2.87. The van der Waals surface area contributed by atoms with Crippen LogP contribution in [0.2, 0.25) is 0 Å². The molecule has 0 radical (unpaired) electrons. The molecule has 3 rings (SSSR count). The largest absolute Gasteiger partial charge is 0.338 e. The number of carbonyl (C=O) groups is 1. The van der Waals surface area contributed by atoms with Gasteiger partial charge in [-0.15, -0.1) is 0 Å². The molecule has 90 valence electrons. The van der Waals surface area contributed by atoms with E-state index in [9.17, 15) is 4.79 Å². The molecule has 1 aliphatic heterocycles. The van der Waals surface area contributed by atoms with Gasteiger partial charge in [0.2, 0.25) is 5.91 Å². The minimum absolute atomic E-state index is 0.123. The van der Waals surface area contributed by atoms with E-state index in [2.05, 4.69) is 24.1 Å². The van der Waals surface area contributed by atoms with Gasteiger partial charge in [-0.05, 0) is 37.5 Å². The Kier molecular flexibility index (Phi) is 2.29. The highest BCUT2D eigenvalue weighted by atomic mass is 16.2. The smallest absolute Gasteiger partial charge is 0.239 e. The Morgan fingerprint density at radius 3 is 2.56 bits per heavy atom.